The number of benzene rings is 1. The van der Waals surface area contributed by atoms with Crippen molar-refractivity contribution in [2.24, 2.45) is 5.41 Å². The topological polar surface area (TPSA) is 76.1 Å². The van der Waals surface area contributed by atoms with E-state index in [1.807, 2.05) is 44.2 Å². The van der Waals surface area contributed by atoms with Gasteiger partial charge in [-0.25, -0.2) is 4.79 Å². The Morgan fingerprint density at radius 1 is 1.19 bits per heavy atom. The molecule has 9 heteroatoms. The number of rotatable bonds is 5. The number of cyclic esters (lactones) is 1. The van der Waals surface area contributed by atoms with Crippen molar-refractivity contribution in [2.75, 3.05) is 27.2 Å². The van der Waals surface area contributed by atoms with Crippen LogP contribution in [-0.2, 0) is 37.6 Å². The van der Waals surface area contributed by atoms with Gasteiger partial charge in [0.05, 0.1) is 19.6 Å². The van der Waals surface area contributed by atoms with E-state index in [0.29, 0.717) is 13.1 Å². The number of carbonyl (C=O) groups is 3. The predicted octanol–water partition coefficient (Wildman–Crippen LogP) is 3.08. The second kappa shape index (κ2) is 14.9. The van der Waals surface area contributed by atoms with Crippen molar-refractivity contribution >= 4 is 18.0 Å². The number of hydrogen-bond donors (Lipinski definition) is 0. The third-order valence-corrected chi connectivity index (χ3v) is 5.05. The van der Waals surface area contributed by atoms with Gasteiger partial charge in [0.15, 0.2) is 5.97 Å². The molecule has 1 heterocycles. The van der Waals surface area contributed by atoms with Crippen LogP contribution in [0, 0.1) is 57.3 Å². The number of amides is 2. The van der Waals surface area contributed by atoms with E-state index in [9.17, 15) is 14.4 Å². The second-order valence-electron chi connectivity index (χ2n) is 7.28. The number of nitrogens with zero attached hydrogens (tertiary/aromatic N) is 2. The smallest absolute Gasteiger partial charge is 0.492 e. The van der Waals surface area contributed by atoms with Crippen molar-refractivity contribution in [3.8, 4) is 0 Å². The second-order valence-corrected chi connectivity index (χ2v) is 7.28. The maximum atomic E-state index is 12.4. The number of hydrogen-bond acceptors (Lipinski definition) is 5. The molecule has 1 aliphatic rings. The summed E-state index contributed by atoms with van der Waals surface area (Å²) >= 11 is 0. The van der Waals surface area contributed by atoms with Crippen LogP contribution in [-0.4, -0.2) is 61.1 Å². The summed E-state index contributed by atoms with van der Waals surface area (Å²) in [6, 6.07) is 9.68. The van der Waals surface area contributed by atoms with Crippen LogP contribution in [0.2, 0.25) is 0 Å². The molecule has 0 saturated carbocycles. The van der Waals surface area contributed by atoms with Gasteiger partial charge in [0.25, 0.3) is 0 Å². The van der Waals surface area contributed by atoms with Crippen LogP contribution in [0.15, 0.2) is 30.3 Å². The Kier molecular flexibility index (Phi) is 15.4. The monoisotopic (exact) mass is 692 g/mol. The zero-order valence-corrected chi connectivity index (χ0v) is 24.2. The van der Waals surface area contributed by atoms with Crippen LogP contribution in [0.25, 0.3) is 0 Å². The molecule has 1 radical (unpaired) electrons. The molecule has 2 amide bonds. The Balaban J connectivity index is 0. The van der Waals surface area contributed by atoms with Crippen LogP contribution >= 0.6 is 0 Å². The van der Waals surface area contributed by atoms with Crippen LogP contribution in [0.4, 0.5) is 4.79 Å². The Bertz CT molecular complexity index is 698. The first-order valence-electron chi connectivity index (χ1n) is 9.34. The van der Waals surface area contributed by atoms with Gasteiger partial charge in [0.2, 0.25) is 5.91 Å². The first-order valence-corrected chi connectivity index (χ1v) is 9.34. The summed E-state index contributed by atoms with van der Waals surface area (Å²) in [4.78, 5) is 37.4. The summed E-state index contributed by atoms with van der Waals surface area (Å²) in [5.74, 6) is -0.591. The van der Waals surface area contributed by atoms with Crippen molar-refractivity contribution in [1.82, 2.24) is 9.80 Å². The van der Waals surface area contributed by atoms with E-state index in [0.717, 1.165) is 5.56 Å². The molecule has 169 valence electrons. The summed E-state index contributed by atoms with van der Waals surface area (Å²) in [5.41, 5.74) is 0.610. The van der Waals surface area contributed by atoms with Crippen LogP contribution < -0.4 is 0 Å². The van der Waals surface area contributed by atoms with Crippen LogP contribution in [0.1, 0.15) is 31.9 Å². The first kappa shape index (κ1) is 32.1. The van der Waals surface area contributed by atoms with E-state index in [1.165, 1.54) is 7.11 Å². The minimum absolute atomic E-state index is 0. The van der Waals surface area contributed by atoms with E-state index in [4.69, 9.17) is 4.74 Å². The zero-order chi connectivity index (χ0) is 22.2. The minimum atomic E-state index is -0.500. The van der Waals surface area contributed by atoms with Crippen molar-refractivity contribution in [1.29, 1.82) is 0 Å². The van der Waals surface area contributed by atoms with Gasteiger partial charge in [0.1, 0.15) is 6.10 Å². The number of ether oxygens (including phenoxy) is 2. The van der Waals surface area contributed by atoms with Crippen molar-refractivity contribution in [3.05, 3.63) is 56.7 Å². The maximum Gasteiger partial charge on any atom is 2.00 e. The Morgan fingerprint density at radius 2 is 1.68 bits per heavy atom. The molecular formula is C22H31N2O5UV-. The van der Waals surface area contributed by atoms with E-state index >= 15 is 0 Å². The molecule has 1 fully saturated rings. The third-order valence-electron chi connectivity index (χ3n) is 5.05. The molecule has 1 aromatic rings. The molecule has 2 atom stereocenters. The SMILES string of the molecule is [CH2-]C(=O)OC.[CH2-]CN(C[CH2-])C(=O)CC1OC(=O)N(C)C(c2ccccc2)C1(C)C.[U+2].[V]. The number of esters is 1. The van der Waals surface area contributed by atoms with Gasteiger partial charge in [-0.3, -0.25) is 16.5 Å². The van der Waals surface area contributed by atoms with Gasteiger partial charge in [0, 0.05) is 31.0 Å². The number of carbonyl (C=O) groups excluding carboxylic acids is 3. The van der Waals surface area contributed by atoms with Gasteiger partial charge < -0.3 is 33.1 Å². The molecule has 1 aliphatic heterocycles. The molecule has 0 aromatic heterocycles. The van der Waals surface area contributed by atoms with Crippen LogP contribution in [0.5, 0.6) is 0 Å². The Hall–Kier alpha value is -1.06. The fraction of sp³-hybridized carbons (Fsp3) is 0.455. The molecule has 0 spiro atoms. The van der Waals surface area contributed by atoms with Crippen molar-refractivity contribution < 1.29 is 73.5 Å². The van der Waals surface area contributed by atoms with E-state index in [-0.39, 0.29) is 68.0 Å². The quantitative estimate of drug-likeness (QED) is 0.351. The van der Waals surface area contributed by atoms with Gasteiger partial charge in [-0.15, -0.1) is 13.1 Å². The summed E-state index contributed by atoms with van der Waals surface area (Å²) in [6.45, 7) is 15.2. The van der Waals surface area contributed by atoms with Gasteiger partial charge in [-0.2, -0.15) is 0 Å². The third kappa shape index (κ3) is 8.77. The van der Waals surface area contributed by atoms with E-state index in [2.05, 4.69) is 25.5 Å². The zero-order valence-electron chi connectivity index (χ0n) is 18.7. The van der Waals surface area contributed by atoms with Gasteiger partial charge in [-0.05, 0) is 5.56 Å². The van der Waals surface area contributed by atoms with E-state index in [1.54, 1.807) is 16.8 Å². The standard InChI is InChI=1S/C19H26N2O3.C3H5O2.U.V/c1-6-21(7-2)16(22)13-15-19(3,4)17(20(5)18(23)24-15)14-11-9-8-10-12-14;1-3(4)5-2;;/h8-12,15,17H,1-2,6-7,13H2,3-5H3;1H2,2H3;;/q-2;-1;+2;. The summed E-state index contributed by atoms with van der Waals surface area (Å²) in [7, 11) is 3.02. The fourth-order valence-electron chi connectivity index (χ4n) is 3.38. The van der Waals surface area contributed by atoms with Gasteiger partial charge in [-0.1, -0.05) is 44.2 Å². The Labute approximate surface area is 221 Å². The molecule has 1 aromatic carbocycles. The molecule has 31 heavy (non-hydrogen) atoms. The number of methoxy groups -OCH3 is 1. The molecule has 0 N–H and O–H groups in total. The fourth-order valence-corrected chi connectivity index (χ4v) is 3.38. The van der Waals surface area contributed by atoms with Gasteiger partial charge >= 0.3 is 37.2 Å². The molecule has 0 bridgehead atoms. The minimum Gasteiger partial charge on any atom is -0.492 e. The molecule has 7 nitrogen and oxygen atoms in total. The van der Waals surface area contributed by atoms with E-state index < -0.39 is 23.6 Å². The predicted molar refractivity (Wildman–Crippen MR) is 110 cm³/mol. The van der Waals surface area contributed by atoms with Crippen molar-refractivity contribution in [2.45, 2.75) is 32.4 Å². The largest absolute Gasteiger partial charge is 2.00 e. The summed E-state index contributed by atoms with van der Waals surface area (Å²) in [5, 5.41) is 0. The Morgan fingerprint density at radius 3 is 2.10 bits per heavy atom. The normalized spacial score (nSPS) is 18.8. The van der Waals surface area contributed by atoms with Crippen LogP contribution in [0.3, 0.4) is 0 Å². The molecular weight excluding hydrogens is 661 g/mol. The average molecular weight is 692 g/mol. The van der Waals surface area contributed by atoms with Crippen molar-refractivity contribution in [3.63, 3.8) is 0 Å². The average Bonchev–Trinajstić information content (AvgIpc) is 2.68. The molecule has 2 unspecified atom stereocenters. The maximum absolute atomic E-state index is 12.4. The summed E-state index contributed by atoms with van der Waals surface area (Å²) in [6.07, 6.45) is -0.766. The molecule has 0 aliphatic carbocycles. The first-order chi connectivity index (χ1) is 13.6. The molecule has 1 saturated heterocycles. The summed E-state index contributed by atoms with van der Waals surface area (Å²) < 4.78 is 9.57. The molecule has 2 rings (SSSR count).